The van der Waals surface area contributed by atoms with Gasteiger partial charge in [-0.2, -0.15) is 0 Å². The molecule has 2 heterocycles. The van der Waals surface area contributed by atoms with Crippen molar-refractivity contribution < 1.29 is 19.7 Å². The van der Waals surface area contributed by atoms with E-state index in [1.54, 1.807) is 17.0 Å². The molecule has 1 aromatic rings. The van der Waals surface area contributed by atoms with Crippen molar-refractivity contribution in [1.29, 1.82) is 0 Å². The normalized spacial score (nSPS) is 24.2. The first-order valence-electron chi connectivity index (χ1n) is 8.41. The van der Waals surface area contributed by atoms with Crippen molar-refractivity contribution in [2.45, 2.75) is 24.9 Å². The zero-order valence-electron chi connectivity index (χ0n) is 13.5. The molecular formula is C17H23N4O3+. The van der Waals surface area contributed by atoms with Crippen LogP contribution in [-0.2, 0) is 9.59 Å². The minimum atomic E-state index is -0.458. The van der Waals surface area contributed by atoms with E-state index >= 15 is 0 Å². The van der Waals surface area contributed by atoms with Gasteiger partial charge in [-0.3, -0.25) is 14.4 Å². The number of benzene rings is 1. The SMILES string of the molecule is O=C1NCCC[C@@H]1NC(=O)[C@@H]1CN(C(=O)c2ccccc2)CC[NH2+]1. The summed E-state index contributed by atoms with van der Waals surface area (Å²) in [5.74, 6) is -0.359. The summed E-state index contributed by atoms with van der Waals surface area (Å²) in [6.45, 7) is 2.31. The second kappa shape index (κ2) is 7.44. The number of amides is 3. The summed E-state index contributed by atoms with van der Waals surface area (Å²) in [7, 11) is 0. The lowest BCUT2D eigenvalue weighted by Gasteiger charge is -2.31. The molecule has 3 amide bonds. The predicted molar refractivity (Wildman–Crippen MR) is 87.1 cm³/mol. The molecule has 3 rings (SSSR count). The van der Waals surface area contributed by atoms with Gasteiger partial charge in [0, 0.05) is 12.1 Å². The quantitative estimate of drug-likeness (QED) is 0.627. The van der Waals surface area contributed by atoms with Crippen molar-refractivity contribution in [1.82, 2.24) is 15.5 Å². The summed E-state index contributed by atoms with van der Waals surface area (Å²) >= 11 is 0. The van der Waals surface area contributed by atoms with Crippen molar-refractivity contribution in [3.63, 3.8) is 0 Å². The fourth-order valence-electron chi connectivity index (χ4n) is 3.16. The first-order valence-corrected chi connectivity index (χ1v) is 8.41. The Morgan fingerprint density at radius 2 is 2.04 bits per heavy atom. The number of nitrogens with two attached hydrogens (primary N) is 1. The lowest BCUT2D eigenvalue weighted by Crippen LogP contribution is -2.98. The van der Waals surface area contributed by atoms with Gasteiger partial charge in [0.2, 0.25) is 5.91 Å². The molecule has 0 radical (unpaired) electrons. The zero-order chi connectivity index (χ0) is 16.9. The summed E-state index contributed by atoms with van der Waals surface area (Å²) in [5.41, 5.74) is 0.630. The van der Waals surface area contributed by atoms with Crippen LogP contribution in [-0.4, -0.2) is 60.9 Å². The number of quaternary nitrogens is 1. The third kappa shape index (κ3) is 3.73. The standard InChI is InChI=1S/C17H22N4O3/c22-15-13(7-4-8-19-15)20-16(23)14-11-21(10-9-18-14)17(24)12-5-2-1-3-6-12/h1-3,5-6,13-14,18H,4,7-11H2,(H,19,22)(H,20,23)/p+1/t13-,14-/m0/s1. The number of piperidine rings is 1. The molecule has 24 heavy (non-hydrogen) atoms. The highest BCUT2D eigenvalue weighted by atomic mass is 16.2. The molecule has 4 N–H and O–H groups in total. The molecule has 1 aromatic carbocycles. The Morgan fingerprint density at radius 3 is 2.79 bits per heavy atom. The maximum atomic E-state index is 12.5. The number of nitrogens with one attached hydrogen (secondary N) is 2. The van der Waals surface area contributed by atoms with E-state index < -0.39 is 6.04 Å². The average molecular weight is 331 g/mol. The predicted octanol–water partition coefficient (Wildman–Crippen LogP) is -1.53. The lowest BCUT2D eigenvalue weighted by molar-refractivity contribution is -0.684. The van der Waals surface area contributed by atoms with Crippen molar-refractivity contribution in [2.24, 2.45) is 0 Å². The van der Waals surface area contributed by atoms with Gasteiger partial charge in [0.1, 0.15) is 6.04 Å². The maximum Gasteiger partial charge on any atom is 0.280 e. The van der Waals surface area contributed by atoms with Crippen LogP contribution in [0.25, 0.3) is 0 Å². The zero-order valence-corrected chi connectivity index (χ0v) is 13.5. The average Bonchev–Trinajstić information content (AvgIpc) is 2.64. The molecule has 2 saturated heterocycles. The fraction of sp³-hybridized carbons (Fsp3) is 0.471. The van der Waals surface area contributed by atoms with Gasteiger partial charge in [0.05, 0.1) is 19.6 Å². The van der Waals surface area contributed by atoms with Crippen LogP contribution in [0.1, 0.15) is 23.2 Å². The Hall–Kier alpha value is -2.41. The topological polar surface area (TPSA) is 95.1 Å². The molecule has 0 aromatic heterocycles. The Kier molecular flexibility index (Phi) is 5.10. The summed E-state index contributed by atoms with van der Waals surface area (Å²) in [4.78, 5) is 38.5. The van der Waals surface area contributed by atoms with E-state index in [4.69, 9.17) is 0 Å². The van der Waals surface area contributed by atoms with Gasteiger partial charge in [-0.1, -0.05) is 18.2 Å². The van der Waals surface area contributed by atoms with Gasteiger partial charge >= 0.3 is 0 Å². The third-order valence-corrected chi connectivity index (χ3v) is 4.51. The molecule has 0 spiro atoms. The number of nitrogens with zero attached hydrogens (tertiary/aromatic N) is 1. The van der Waals surface area contributed by atoms with Gasteiger partial charge in [-0.25, -0.2) is 0 Å². The summed E-state index contributed by atoms with van der Waals surface area (Å²) in [6.07, 6.45) is 1.53. The van der Waals surface area contributed by atoms with E-state index in [1.165, 1.54) is 0 Å². The van der Waals surface area contributed by atoms with Crippen LogP contribution in [0.4, 0.5) is 0 Å². The van der Waals surface area contributed by atoms with E-state index in [0.717, 1.165) is 6.42 Å². The van der Waals surface area contributed by atoms with Crippen molar-refractivity contribution in [3.8, 4) is 0 Å². The lowest BCUT2D eigenvalue weighted by atomic mass is 10.1. The number of hydrogen-bond acceptors (Lipinski definition) is 3. The second-order valence-corrected chi connectivity index (χ2v) is 6.24. The van der Waals surface area contributed by atoms with Gasteiger partial charge in [-0.05, 0) is 25.0 Å². The molecule has 128 valence electrons. The Bertz CT molecular complexity index is 620. The van der Waals surface area contributed by atoms with Gasteiger partial charge in [0.25, 0.3) is 11.8 Å². The number of hydrogen-bond donors (Lipinski definition) is 3. The monoisotopic (exact) mass is 331 g/mol. The van der Waals surface area contributed by atoms with Crippen LogP contribution in [0, 0.1) is 0 Å². The van der Waals surface area contributed by atoms with E-state index in [2.05, 4.69) is 10.6 Å². The highest BCUT2D eigenvalue weighted by Gasteiger charge is 2.34. The van der Waals surface area contributed by atoms with Crippen LogP contribution < -0.4 is 16.0 Å². The molecule has 0 aliphatic carbocycles. The summed E-state index contributed by atoms with van der Waals surface area (Å²) < 4.78 is 0. The molecule has 0 bridgehead atoms. The molecule has 2 aliphatic rings. The number of rotatable bonds is 3. The molecule has 0 saturated carbocycles. The molecular weight excluding hydrogens is 308 g/mol. The number of carbonyl (C=O) groups is 3. The third-order valence-electron chi connectivity index (χ3n) is 4.51. The maximum absolute atomic E-state index is 12.5. The van der Waals surface area contributed by atoms with Gasteiger partial charge < -0.3 is 20.9 Å². The van der Waals surface area contributed by atoms with Crippen LogP contribution in [0.5, 0.6) is 0 Å². The minimum absolute atomic E-state index is 0.0584. The summed E-state index contributed by atoms with van der Waals surface area (Å²) in [6, 6.07) is 8.25. The van der Waals surface area contributed by atoms with Crippen molar-refractivity contribution >= 4 is 17.7 Å². The largest absolute Gasteiger partial charge is 0.354 e. The molecule has 2 aliphatic heterocycles. The molecule has 2 atom stereocenters. The first kappa shape index (κ1) is 16.4. The Balaban J connectivity index is 1.59. The molecule has 0 unspecified atom stereocenters. The van der Waals surface area contributed by atoms with E-state index in [9.17, 15) is 14.4 Å². The van der Waals surface area contributed by atoms with Crippen LogP contribution in [0.2, 0.25) is 0 Å². The van der Waals surface area contributed by atoms with Crippen LogP contribution >= 0.6 is 0 Å². The van der Waals surface area contributed by atoms with Crippen molar-refractivity contribution in [2.75, 3.05) is 26.2 Å². The van der Waals surface area contributed by atoms with E-state index in [-0.39, 0.29) is 23.8 Å². The molecule has 7 heteroatoms. The van der Waals surface area contributed by atoms with Crippen molar-refractivity contribution in [3.05, 3.63) is 35.9 Å². The minimum Gasteiger partial charge on any atom is -0.354 e. The molecule has 7 nitrogen and oxygen atoms in total. The first-order chi connectivity index (χ1) is 11.6. The highest BCUT2D eigenvalue weighted by Crippen LogP contribution is 2.07. The number of piperazine rings is 1. The smallest absolute Gasteiger partial charge is 0.280 e. The van der Waals surface area contributed by atoms with E-state index in [0.29, 0.717) is 38.2 Å². The highest BCUT2D eigenvalue weighted by molar-refractivity contribution is 5.95. The number of carbonyl (C=O) groups excluding carboxylic acids is 3. The van der Waals surface area contributed by atoms with Crippen LogP contribution in [0.3, 0.4) is 0 Å². The van der Waals surface area contributed by atoms with Gasteiger partial charge in [0.15, 0.2) is 6.04 Å². The second-order valence-electron chi connectivity index (χ2n) is 6.24. The Morgan fingerprint density at radius 1 is 1.25 bits per heavy atom. The van der Waals surface area contributed by atoms with Crippen LogP contribution in [0.15, 0.2) is 30.3 Å². The van der Waals surface area contributed by atoms with Gasteiger partial charge in [-0.15, -0.1) is 0 Å². The Labute approximate surface area is 140 Å². The summed E-state index contributed by atoms with van der Waals surface area (Å²) in [5, 5.41) is 7.51. The molecule has 2 fully saturated rings. The fourth-order valence-corrected chi connectivity index (χ4v) is 3.16. The van der Waals surface area contributed by atoms with E-state index in [1.807, 2.05) is 23.5 Å².